The van der Waals surface area contributed by atoms with Crippen molar-refractivity contribution in [2.75, 3.05) is 7.11 Å². The predicted molar refractivity (Wildman–Crippen MR) is 50.7 cm³/mol. The van der Waals surface area contributed by atoms with Crippen molar-refractivity contribution in [3.05, 3.63) is 35.9 Å². The highest BCUT2D eigenvalue weighted by atomic mass is 16.5. The minimum Gasteiger partial charge on any atom is -0.507 e. The lowest BCUT2D eigenvalue weighted by Crippen LogP contribution is -1.94. The summed E-state index contributed by atoms with van der Waals surface area (Å²) in [5, 5.41) is 17.9. The zero-order valence-corrected chi connectivity index (χ0v) is 7.60. The Labute approximate surface area is 81.1 Å². The quantitative estimate of drug-likeness (QED) is 0.564. The lowest BCUT2D eigenvalue weighted by Gasteiger charge is -2.06. The van der Waals surface area contributed by atoms with Gasteiger partial charge in [-0.25, -0.2) is 4.79 Å². The summed E-state index contributed by atoms with van der Waals surface area (Å²) in [6.45, 7) is 0. The third-order valence-electron chi connectivity index (χ3n) is 1.64. The number of para-hydroxylation sites is 1. The fraction of sp³-hybridized carbons (Fsp3) is 0.100. The summed E-state index contributed by atoms with van der Waals surface area (Å²) in [6.07, 6.45) is 0.898. The first-order chi connectivity index (χ1) is 6.65. The van der Waals surface area contributed by atoms with E-state index in [9.17, 15) is 9.90 Å². The molecule has 0 atom stereocenters. The van der Waals surface area contributed by atoms with E-state index in [2.05, 4.69) is 0 Å². The van der Waals surface area contributed by atoms with Gasteiger partial charge in [-0.05, 0) is 12.1 Å². The first-order valence-electron chi connectivity index (χ1n) is 3.92. The highest BCUT2D eigenvalue weighted by molar-refractivity contribution is 5.89. The Hall–Kier alpha value is -1.97. The van der Waals surface area contributed by atoms with Gasteiger partial charge in [0.1, 0.15) is 11.5 Å². The second kappa shape index (κ2) is 4.32. The number of hydrogen-bond acceptors (Lipinski definition) is 3. The van der Waals surface area contributed by atoms with Crippen molar-refractivity contribution in [1.82, 2.24) is 0 Å². The van der Waals surface area contributed by atoms with Crippen LogP contribution in [0.15, 0.2) is 30.3 Å². The van der Waals surface area contributed by atoms with E-state index in [1.807, 2.05) is 0 Å². The number of hydrogen-bond donors (Lipinski definition) is 2. The lowest BCUT2D eigenvalue weighted by molar-refractivity contribution is -0.131. The maximum absolute atomic E-state index is 10.4. The summed E-state index contributed by atoms with van der Waals surface area (Å²) in [5.41, 5.74) is 0.359. The van der Waals surface area contributed by atoms with Crippen LogP contribution in [0.5, 0.6) is 5.75 Å². The van der Waals surface area contributed by atoms with Gasteiger partial charge in [-0.2, -0.15) is 0 Å². The van der Waals surface area contributed by atoms with Crippen molar-refractivity contribution < 1.29 is 19.7 Å². The second-order valence-electron chi connectivity index (χ2n) is 2.57. The number of aliphatic carboxylic acids is 1. The molecule has 0 saturated heterocycles. The van der Waals surface area contributed by atoms with Crippen LogP contribution in [0.3, 0.4) is 0 Å². The van der Waals surface area contributed by atoms with Gasteiger partial charge in [0.15, 0.2) is 0 Å². The molecule has 0 aliphatic carbocycles. The van der Waals surface area contributed by atoms with E-state index in [1.54, 1.807) is 18.2 Å². The third kappa shape index (κ3) is 2.26. The maximum atomic E-state index is 10.4. The number of carbonyl (C=O) groups is 1. The fourth-order valence-electron chi connectivity index (χ4n) is 1.04. The highest BCUT2D eigenvalue weighted by Crippen LogP contribution is 2.24. The van der Waals surface area contributed by atoms with Crippen LogP contribution in [0.4, 0.5) is 0 Å². The smallest absolute Gasteiger partial charge is 0.332 e. The molecule has 74 valence electrons. The van der Waals surface area contributed by atoms with Crippen LogP contribution in [0, 0.1) is 0 Å². The van der Waals surface area contributed by atoms with Crippen molar-refractivity contribution in [3.63, 3.8) is 0 Å². The molecule has 0 saturated carbocycles. The Balaban J connectivity index is 3.13. The molecule has 1 aromatic rings. The van der Waals surface area contributed by atoms with E-state index < -0.39 is 5.97 Å². The van der Waals surface area contributed by atoms with Crippen LogP contribution in [-0.4, -0.2) is 23.3 Å². The summed E-state index contributed by atoms with van der Waals surface area (Å²) in [6, 6.07) is 6.37. The molecular formula is C10H10O4. The van der Waals surface area contributed by atoms with E-state index in [-0.39, 0.29) is 11.5 Å². The van der Waals surface area contributed by atoms with Gasteiger partial charge >= 0.3 is 5.97 Å². The van der Waals surface area contributed by atoms with Crippen molar-refractivity contribution in [2.45, 2.75) is 0 Å². The monoisotopic (exact) mass is 194 g/mol. The zero-order valence-electron chi connectivity index (χ0n) is 7.60. The summed E-state index contributed by atoms with van der Waals surface area (Å²) >= 11 is 0. The average molecular weight is 194 g/mol. The third-order valence-corrected chi connectivity index (χ3v) is 1.64. The van der Waals surface area contributed by atoms with Gasteiger partial charge in [-0.1, -0.05) is 12.1 Å². The number of rotatable bonds is 3. The molecule has 0 aromatic heterocycles. The minimum atomic E-state index is -1.12. The van der Waals surface area contributed by atoms with Crippen LogP contribution in [-0.2, 0) is 9.53 Å². The number of carboxylic acids is 1. The van der Waals surface area contributed by atoms with E-state index in [4.69, 9.17) is 9.84 Å². The van der Waals surface area contributed by atoms with Gasteiger partial charge in [0, 0.05) is 0 Å². The number of phenols is 1. The van der Waals surface area contributed by atoms with Crippen LogP contribution < -0.4 is 0 Å². The Morgan fingerprint density at radius 3 is 2.57 bits per heavy atom. The molecule has 0 aliphatic rings. The van der Waals surface area contributed by atoms with Crippen molar-refractivity contribution >= 4 is 11.7 Å². The lowest BCUT2D eigenvalue weighted by atomic mass is 10.1. The number of phenolic OH excluding ortho intramolecular Hbond substituents is 1. The Morgan fingerprint density at radius 2 is 2.07 bits per heavy atom. The predicted octanol–water partition coefficient (Wildman–Crippen LogP) is 1.46. The van der Waals surface area contributed by atoms with Crippen LogP contribution >= 0.6 is 0 Å². The summed E-state index contributed by atoms with van der Waals surface area (Å²) in [7, 11) is 1.35. The highest BCUT2D eigenvalue weighted by Gasteiger charge is 2.07. The van der Waals surface area contributed by atoms with Gasteiger partial charge in [0.25, 0.3) is 0 Å². The Morgan fingerprint density at radius 1 is 1.43 bits per heavy atom. The fourth-order valence-corrected chi connectivity index (χ4v) is 1.04. The molecule has 0 amide bonds. The SMILES string of the molecule is CO/C(=C\C(=O)O)c1ccccc1O. The first-order valence-corrected chi connectivity index (χ1v) is 3.92. The second-order valence-corrected chi connectivity index (χ2v) is 2.57. The van der Waals surface area contributed by atoms with Crippen molar-refractivity contribution in [2.24, 2.45) is 0 Å². The van der Waals surface area contributed by atoms with Crippen molar-refractivity contribution in [3.8, 4) is 5.75 Å². The molecule has 0 bridgehead atoms. The number of methoxy groups -OCH3 is 1. The summed E-state index contributed by atoms with van der Waals surface area (Å²) in [5.74, 6) is -1.01. The Bertz CT molecular complexity index is 368. The molecule has 0 fully saturated rings. The van der Waals surface area contributed by atoms with E-state index in [1.165, 1.54) is 13.2 Å². The molecule has 2 N–H and O–H groups in total. The van der Waals surface area contributed by atoms with Gasteiger partial charge in [-0.15, -0.1) is 0 Å². The molecule has 0 aliphatic heterocycles. The summed E-state index contributed by atoms with van der Waals surface area (Å²) < 4.78 is 4.85. The van der Waals surface area contributed by atoms with Gasteiger partial charge in [0.05, 0.1) is 18.7 Å². The number of aromatic hydroxyl groups is 1. The van der Waals surface area contributed by atoms with E-state index >= 15 is 0 Å². The van der Waals surface area contributed by atoms with Gasteiger partial charge in [-0.3, -0.25) is 0 Å². The summed E-state index contributed by atoms with van der Waals surface area (Å²) in [4.78, 5) is 10.4. The van der Waals surface area contributed by atoms with Crippen LogP contribution in [0.25, 0.3) is 5.76 Å². The van der Waals surface area contributed by atoms with Crippen molar-refractivity contribution in [1.29, 1.82) is 0 Å². The molecule has 0 unspecified atom stereocenters. The van der Waals surface area contributed by atoms with Gasteiger partial charge < -0.3 is 14.9 Å². The molecule has 1 rings (SSSR count). The molecular weight excluding hydrogens is 184 g/mol. The normalized spacial score (nSPS) is 11.1. The largest absolute Gasteiger partial charge is 0.507 e. The molecule has 4 nitrogen and oxygen atoms in total. The van der Waals surface area contributed by atoms with Gasteiger partial charge in [0.2, 0.25) is 0 Å². The zero-order chi connectivity index (χ0) is 10.6. The molecule has 14 heavy (non-hydrogen) atoms. The number of carboxylic acid groups (broad SMARTS) is 1. The molecule has 4 heteroatoms. The number of benzene rings is 1. The topological polar surface area (TPSA) is 66.8 Å². The molecule has 1 aromatic carbocycles. The van der Waals surface area contributed by atoms with Crippen LogP contribution in [0.2, 0.25) is 0 Å². The molecule has 0 spiro atoms. The van der Waals surface area contributed by atoms with Crippen LogP contribution in [0.1, 0.15) is 5.56 Å². The molecule has 0 heterocycles. The first kappa shape index (κ1) is 10.1. The standard InChI is InChI=1S/C10H10O4/c1-14-9(6-10(12)13)7-4-2-3-5-8(7)11/h2-6,11H,1H3,(H,12,13)/b9-6-. The van der Waals surface area contributed by atoms with E-state index in [0.29, 0.717) is 5.56 Å². The van der Waals surface area contributed by atoms with E-state index in [0.717, 1.165) is 6.08 Å². The Kier molecular flexibility index (Phi) is 3.12. The molecule has 0 radical (unpaired) electrons. The minimum absolute atomic E-state index is 0.0122. The number of ether oxygens (including phenoxy) is 1. The average Bonchev–Trinajstić information content (AvgIpc) is 2.15. The maximum Gasteiger partial charge on any atom is 0.332 e.